The molecule has 0 amide bonds. The van der Waals surface area contributed by atoms with Crippen LogP contribution < -0.4 is 9.80 Å². The zero-order chi connectivity index (χ0) is 11.8. The molecule has 0 saturated carbocycles. The molecule has 1 aromatic carbocycles. The van der Waals surface area contributed by atoms with E-state index in [4.69, 9.17) is 0 Å². The fraction of sp³-hybridized carbons (Fsp3) is 0.231. The molecule has 86 valence electrons. The van der Waals surface area contributed by atoms with Gasteiger partial charge in [0.2, 0.25) is 0 Å². The first-order valence-corrected chi connectivity index (χ1v) is 5.61. The smallest absolute Gasteiger partial charge is 0.157 e. The number of aromatic nitrogens is 2. The van der Waals surface area contributed by atoms with Crippen molar-refractivity contribution in [2.24, 2.45) is 0 Å². The van der Waals surface area contributed by atoms with Crippen molar-refractivity contribution >= 4 is 17.2 Å². The number of fused-ring (bicyclic) bond motifs is 1. The number of hydrogen-bond acceptors (Lipinski definition) is 4. The van der Waals surface area contributed by atoms with Crippen molar-refractivity contribution in [2.45, 2.75) is 6.92 Å². The summed E-state index contributed by atoms with van der Waals surface area (Å²) in [7, 11) is 2.05. The Morgan fingerprint density at radius 1 is 1.18 bits per heavy atom. The SMILES string of the molecule is Cc1ccccc1N1CN(C)c2ncncc21. The van der Waals surface area contributed by atoms with E-state index in [1.807, 2.05) is 13.2 Å². The minimum atomic E-state index is 0.818. The van der Waals surface area contributed by atoms with Gasteiger partial charge in [-0.25, -0.2) is 9.97 Å². The monoisotopic (exact) mass is 226 g/mol. The van der Waals surface area contributed by atoms with E-state index in [2.05, 4.69) is 51.0 Å². The average Bonchev–Trinajstić information content (AvgIpc) is 2.68. The quantitative estimate of drug-likeness (QED) is 0.747. The van der Waals surface area contributed by atoms with Crippen molar-refractivity contribution in [3.05, 3.63) is 42.4 Å². The van der Waals surface area contributed by atoms with E-state index < -0.39 is 0 Å². The third kappa shape index (κ3) is 1.53. The summed E-state index contributed by atoms with van der Waals surface area (Å²) in [6, 6.07) is 8.37. The van der Waals surface area contributed by atoms with Gasteiger partial charge in [0.25, 0.3) is 0 Å². The molecule has 1 aromatic heterocycles. The van der Waals surface area contributed by atoms with Crippen LogP contribution in [0.3, 0.4) is 0 Å². The number of nitrogens with zero attached hydrogens (tertiary/aromatic N) is 4. The molecule has 4 nitrogen and oxygen atoms in total. The normalized spacial score (nSPS) is 14.0. The Morgan fingerprint density at radius 2 is 2.00 bits per heavy atom. The molecule has 0 radical (unpaired) electrons. The highest BCUT2D eigenvalue weighted by Crippen LogP contribution is 2.38. The molecular formula is C13H14N4. The van der Waals surface area contributed by atoms with Crippen LogP contribution in [-0.2, 0) is 0 Å². The zero-order valence-electron chi connectivity index (χ0n) is 9.96. The van der Waals surface area contributed by atoms with Crippen molar-refractivity contribution in [3.8, 4) is 0 Å². The maximum atomic E-state index is 4.32. The predicted molar refractivity (Wildman–Crippen MR) is 68.6 cm³/mol. The first-order chi connectivity index (χ1) is 8.27. The molecule has 0 unspecified atom stereocenters. The van der Waals surface area contributed by atoms with Crippen molar-refractivity contribution in [3.63, 3.8) is 0 Å². The van der Waals surface area contributed by atoms with Gasteiger partial charge >= 0.3 is 0 Å². The summed E-state index contributed by atoms with van der Waals surface area (Å²) in [5, 5.41) is 0. The van der Waals surface area contributed by atoms with Gasteiger partial charge in [0.05, 0.1) is 12.9 Å². The number of anilines is 3. The third-order valence-corrected chi connectivity index (χ3v) is 3.08. The van der Waals surface area contributed by atoms with Gasteiger partial charge < -0.3 is 9.80 Å². The minimum Gasteiger partial charge on any atom is -0.340 e. The Hall–Kier alpha value is -2.10. The van der Waals surface area contributed by atoms with E-state index in [1.54, 1.807) is 6.33 Å². The lowest BCUT2D eigenvalue weighted by atomic mass is 10.2. The molecule has 0 atom stereocenters. The molecule has 1 aliphatic heterocycles. The van der Waals surface area contributed by atoms with Crippen LogP contribution in [0.1, 0.15) is 5.56 Å². The largest absolute Gasteiger partial charge is 0.340 e. The number of rotatable bonds is 1. The summed E-state index contributed by atoms with van der Waals surface area (Å²) in [6.45, 7) is 2.94. The minimum absolute atomic E-state index is 0.818. The molecule has 0 fully saturated rings. The first-order valence-electron chi connectivity index (χ1n) is 5.61. The Morgan fingerprint density at radius 3 is 2.82 bits per heavy atom. The van der Waals surface area contributed by atoms with Gasteiger partial charge in [0.1, 0.15) is 12.0 Å². The standard InChI is InChI=1S/C13H14N4/c1-10-5-3-4-6-11(10)17-9-16(2)13-12(17)7-14-8-15-13/h3-8H,9H2,1-2H3. The highest BCUT2D eigenvalue weighted by molar-refractivity contribution is 5.79. The number of benzene rings is 1. The summed E-state index contributed by atoms with van der Waals surface area (Å²) in [5.41, 5.74) is 3.55. The van der Waals surface area contributed by atoms with Crippen molar-refractivity contribution in [1.29, 1.82) is 0 Å². The third-order valence-electron chi connectivity index (χ3n) is 3.08. The van der Waals surface area contributed by atoms with E-state index in [0.717, 1.165) is 18.2 Å². The highest BCUT2D eigenvalue weighted by Gasteiger charge is 2.26. The lowest BCUT2D eigenvalue weighted by Crippen LogP contribution is -2.24. The Bertz CT molecular complexity index is 553. The Labute approximate surface area is 101 Å². The Balaban J connectivity index is 2.11. The fourth-order valence-electron chi connectivity index (χ4n) is 2.23. The molecule has 0 saturated heterocycles. The summed E-state index contributed by atoms with van der Waals surface area (Å²) < 4.78 is 0. The fourth-order valence-corrected chi connectivity index (χ4v) is 2.23. The van der Waals surface area contributed by atoms with E-state index in [0.29, 0.717) is 0 Å². The number of para-hydroxylation sites is 1. The molecule has 0 aliphatic carbocycles. The maximum absolute atomic E-state index is 4.32. The molecule has 2 aromatic rings. The van der Waals surface area contributed by atoms with Crippen LogP contribution >= 0.6 is 0 Å². The molecule has 0 spiro atoms. The number of hydrogen-bond donors (Lipinski definition) is 0. The van der Waals surface area contributed by atoms with Crippen LogP contribution in [0.25, 0.3) is 0 Å². The van der Waals surface area contributed by atoms with Crippen LogP contribution in [0.2, 0.25) is 0 Å². The molecule has 4 heteroatoms. The van der Waals surface area contributed by atoms with Crippen LogP contribution in [0.15, 0.2) is 36.8 Å². The number of aryl methyl sites for hydroxylation is 1. The van der Waals surface area contributed by atoms with Crippen LogP contribution in [-0.4, -0.2) is 23.7 Å². The highest BCUT2D eigenvalue weighted by atomic mass is 15.4. The van der Waals surface area contributed by atoms with Gasteiger partial charge in [-0.2, -0.15) is 0 Å². The van der Waals surface area contributed by atoms with Crippen molar-refractivity contribution < 1.29 is 0 Å². The van der Waals surface area contributed by atoms with Crippen LogP contribution in [0.4, 0.5) is 17.2 Å². The van der Waals surface area contributed by atoms with Gasteiger partial charge in [0.15, 0.2) is 5.82 Å². The average molecular weight is 226 g/mol. The first kappa shape index (κ1) is 10.1. The lowest BCUT2D eigenvalue weighted by molar-refractivity contribution is 0.935. The molecule has 3 rings (SSSR count). The summed E-state index contributed by atoms with van der Waals surface area (Å²) >= 11 is 0. The Kier molecular flexibility index (Phi) is 2.21. The second-order valence-electron chi connectivity index (χ2n) is 4.29. The second-order valence-corrected chi connectivity index (χ2v) is 4.29. The maximum Gasteiger partial charge on any atom is 0.157 e. The van der Waals surface area contributed by atoms with Gasteiger partial charge in [-0.05, 0) is 18.6 Å². The molecule has 17 heavy (non-hydrogen) atoms. The molecule has 1 aliphatic rings. The van der Waals surface area contributed by atoms with E-state index in [9.17, 15) is 0 Å². The van der Waals surface area contributed by atoms with Gasteiger partial charge in [-0.15, -0.1) is 0 Å². The molecule has 0 N–H and O–H groups in total. The van der Waals surface area contributed by atoms with Gasteiger partial charge in [0, 0.05) is 12.7 Å². The predicted octanol–water partition coefficient (Wildman–Crippen LogP) is 2.33. The van der Waals surface area contributed by atoms with E-state index >= 15 is 0 Å². The van der Waals surface area contributed by atoms with E-state index in [-0.39, 0.29) is 0 Å². The summed E-state index contributed by atoms with van der Waals surface area (Å²) in [5.74, 6) is 0.989. The molecule has 2 heterocycles. The molecule has 0 bridgehead atoms. The zero-order valence-corrected chi connectivity index (χ0v) is 9.96. The van der Waals surface area contributed by atoms with Crippen molar-refractivity contribution in [2.75, 3.05) is 23.5 Å². The van der Waals surface area contributed by atoms with Gasteiger partial charge in [-0.1, -0.05) is 18.2 Å². The van der Waals surface area contributed by atoms with Crippen LogP contribution in [0.5, 0.6) is 0 Å². The molecular weight excluding hydrogens is 212 g/mol. The van der Waals surface area contributed by atoms with E-state index in [1.165, 1.54) is 11.3 Å². The second kappa shape index (κ2) is 3.73. The lowest BCUT2D eigenvalue weighted by Gasteiger charge is -2.20. The summed E-state index contributed by atoms with van der Waals surface area (Å²) in [6.07, 6.45) is 3.47. The van der Waals surface area contributed by atoms with Crippen LogP contribution in [0, 0.1) is 6.92 Å². The van der Waals surface area contributed by atoms with Crippen molar-refractivity contribution in [1.82, 2.24) is 9.97 Å². The summed E-state index contributed by atoms with van der Waals surface area (Å²) in [4.78, 5) is 12.8. The topological polar surface area (TPSA) is 32.3 Å². The van der Waals surface area contributed by atoms with Gasteiger partial charge in [-0.3, -0.25) is 0 Å².